The maximum Gasteiger partial charge on any atom is 0.293 e. The zero-order valence-electron chi connectivity index (χ0n) is 14.9. The Morgan fingerprint density at radius 2 is 1.70 bits per heavy atom. The van der Waals surface area contributed by atoms with E-state index < -0.39 is 0 Å². The van der Waals surface area contributed by atoms with Gasteiger partial charge in [-0.05, 0) is 57.9 Å². The van der Waals surface area contributed by atoms with Crippen molar-refractivity contribution in [2.24, 2.45) is 0 Å². The van der Waals surface area contributed by atoms with Gasteiger partial charge in [-0.15, -0.1) is 0 Å². The van der Waals surface area contributed by atoms with Gasteiger partial charge in [0.15, 0.2) is 10.4 Å². The van der Waals surface area contributed by atoms with Gasteiger partial charge in [0.1, 0.15) is 0 Å². The molecule has 138 valence electrons. The molecule has 2 amide bonds. The lowest BCUT2D eigenvalue weighted by molar-refractivity contribution is 0.0785. The predicted molar refractivity (Wildman–Crippen MR) is 106 cm³/mol. The molecule has 0 spiro atoms. The number of nitrogens with zero attached hydrogens (tertiary/aromatic N) is 3. The molecule has 27 heavy (non-hydrogen) atoms. The number of hydrogen-bond donors (Lipinski definition) is 0. The Bertz CT molecular complexity index is 956. The number of benzene rings is 1. The van der Waals surface area contributed by atoms with E-state index in [9.17, 15) is 9.59 Å². The lowest BCUT2D eigenvalue weighted by Crippen LogP contribution is -2.31. The number of aromatic nitrogens is 1. The van der Waals surface area contributed by atoms with Crippen LogP contribution in [0.1, 0.15) is 26.5 Å². The Labute approximate surface area is 165 Å². The normalized spacial score (nSPS) is 10.5. The summed E-state index contributed by atoms with van der Waals surface area (Å²) in [5.74, 6) is -0.322. The minimum atomic E-state index is -0.335. The Hall–Kier alpha value is -2.93. The van der Waals surface area contributed by atoms with Gasteiger partial charge in [-0.3, -0.25) is 14.6 Å². The van der Waals surface area contributed by atoms with Crippen LogP contribution in [0.2, 0.25) is 0 Å². The first-order chi connectivity index (χ1) is 13.0. The Balaban J connectivity index is 1.84. The molecule has 0 aliphatic carbocycles. The first-order valence-electron chi connectivity index (χ1n) is 8.24. The molecule has 0 saturated carbocycles. The van der Waals surface area contributed by atoms with E-state index in [0.29, 0.717) is 22.5 Å². The minimum absolute atomic E-state index is 0.178. The highest BCUT2D eigenvalue weighted by atomic mass is 79.9. The number of pyridine rings is 1. The van der Waals surface area contributed by atoms with Crippen LogP contribution < -0.4 is 4.90 Å². The second-order valence-corrected chi connectivity index (χ2v) is 6.78. The highest BCUT2D eigenvalue weighted by Crippen LogP contribution is 2.24. The molecule has 2 aromatic heterocycles. The van der Waals surface area contributed by atoms with Crippen molar-refractivity contribution in [3.8, 4) is 0 Å². The number of hydrogen-bond acceptors (Lipinski definition) is 4. The molecule has 0 saturated heterocycles. The number of rotatable bonds is 5. The standard InChI is InChI=1S/C20H18BrN3O3/c1-23(13-14-9-11-22-12-10-14)19(25)15-5-3-4-6-16(15)24(2)20(26)17-7-8-18(21)27-17/h3-12H,13H2,1-2H3. The summed E-state index contributed by atoms with van der Waals surface area (Å²) in [6.45, 7) is 0.443. The van der Waals surface area contributed by atoms with Crippen LogP contribution in [0.5, 0.6) is 0 Å². The highest BCUT2D eigenvalue weighted by Gasteiger charge is 2.23. The van der Waals surface area contributed by atoms with Gasteiger partial charge >= 0.3 is 0 Å². The summed E-state index contributed by atoms with van der Waals surface area (Å²) in [5, 5.41) is 0. The average molecular weight is 428 g/mol. The third-order valence-electron chi connectivity index (χ3n) is 4.10. The summed E-state index contributed by atoms with van der Waals surface area (Å²) < 4.78 is 5.81. The van der Waals surface area contributed by atoms with Crippen molar-refractivity contribution in [1.29, 1.82) is 0 Å². The van der Waals surface area contributed by atoms with Crippen molar-refractivity contribution < 1.29 is 14.0 Å². The zero-order valence-corrected chi connectivity index (χ0v) is 16.5. The molecule has 6 nitrogen and oxygen atoms in total. The number of para-hydroxylation sites is 1. The van der Waals surface area contributed by atoms with E-state index in [1.165, 1.54) is 4.90 Å². The minimum Gasteiger partial charge on any atom is -0.444 e. The van der Waals surface area contributed by atoms with Crippen LogP contribution in [-0.2, 0) is 6.54 Å². The summed E-state index contributed by atoms with van der Waals surface area (Å²) >= 11 is 3.19. The van der Waals surface area contributed by atoms with E-state index in [0.717, 1.165) is 5.56 Å². The molecule has 2 heterocycles. The second-order valence-electron chi connectivity index (χ2n) is 6.00. The van der Waals surface area contributed by atoms with Gasteiger partial charge < -0.3 is 14.2 Å². The van der Waals surface area contributed by atoms with Crippen molar-refractivity contribution in [2.75, 3.05) is 19.0 Å². The number of carbonyl (C=O) groups excluding carboxylic acids is 2. The monoisotopic (exact) mass is 427 g/mol. The Morgan fingerprint density at radius 3 is 2.37 bits per heavy atom. The Morgan fingerprint density at radius 1 is 1.00 bits per heavy atom. The van der Waals surface area contributed by atoms with Crippen LogP contribution in [0, 0.1) is 0 Å². The quantitative estimate of drug-likeness (QED) is 0.617. The second kappa shape index (κ2) is 8.18. The molecule has 3 rings (SSSR count). The van der Waals surface area contributed by atoms with Gasteiger partial charge in [-0.1, -0.05) is 12.1 Å². The van der Waals surface area contributed by atoms with Crippen molar-refractivity contribution in [3.63, 3.8) is 0 Å². The maximum atomic E-state index is 13.0. The summed E-state index contributed by atoms with van der Waals surface area (Å²) in [7, 11) is 3.35. The molecule has 7 heteroatoms. The number of furan rings is 1. The highest BCUT2D eigenvalue weighted by molar-refractivity contribution is 9.10. The van der Waals surface area contributed by atoms with Crippen LogP contribution in [0.25, 0.3) is 0 Å². The molecule has 0 N–H and O–H groups in total. The molecule has 3 aromatic rings. The van der Waals surface area contributed by atoms with Gasteiger partial charge in [-0.25, -0.2) is 0 Å². The summed E-state index contributed by atoms with van der Waals surface area (Å²) in [6.07, 6.45) is 3.38. The first kappa shape index (κ1) is 18.8. The fraction of sp³-hybridized carbons (Fsp3) is 0.150. The van der Waals surface area contributed by atoms with Gasteiger partial charge in [0.05, 0.1) is 11.3 Å². The predicted octanol–water partition coefficient (Wildman–Crippen LogP) is 3.99. The van der Waals surface area contributed by atoms with Gasteiger partial charge in [0.2, 0.25) is 0 Å². The fourth-order valence-corrected chi connectivity index (χ4v) is 3.00. The van der Waals surface area contributed by atoms with Crippen LogP contribution in [-0.4, -0.2) is 35.8 Å². The molecule has 0 unspecified atom stereocenters. The number of carbonyl (C=O) groups is 2. The number of amides is 2. The van der Waals surface area contributed by atoms with E-state index in [1.807, 2.05) is 12.1 Å². The van der Waals surface area contributed by atoms with Crippen LogP contribution in [0.15, 0.2) is 70.0 Å². The van der Waals surface area contributed by atoms with Crippen LogP contribution in [0.4, 0.5) is 5.69 Å². The largest absolute Gasteiger partial charge is 0.444 e. The van der Waals surface area contributed by atoms with E-state index in [-0.39, 0.29) is 17.6 Å². The summed E-state index contributed by atoms with van der Waals surface area (Å²) in [4.78, 5) is 32.7. The molecule has 0 atom stereocenters. The van der Waals surface area contributed by atoms with Gasteiger partial charge in [-0.2, -0.15) is 0 Å². The third kappa shape index (κ3) is 4.25. The molecule has 0 radical (unpaired) electrons. The first-order valence-corrected chi connectivity index (χ1v) is 9.03. The average Bonchev–Trinajstić information content (AvgIpc) is 3.13. The lowest BCUT2D eigenvalue weighted by Gasteiger charge is -2.23. The zero-order chi connectivity index (χ0) is 19.4. The van der Waals surface area contributed by atoms with Gasteiger partial charge in [0, 0.05) is 33.0 Å². The molecule has 0 bridgehead atoms. The fourth-order valence-electron chi connectivity index (χ4n) is 2.69. The lowest BCUT2D eigenvalue weighted by atomic mass is 10.1. The van der Waals surface area contributed by atoms with E-state index >= 15 is 0 Å². The van der Waals surface area contributed by atoms with Crippen molar-refractivity contribution in [1.82, 2.24) is 9.88 Å². The number of anilines is 1. The van der Waals surface area contributed by atoms with Crippen molar-refractivity contribution >= 4 is 33.4 Å². The van der Waals surface area contributed by atoms with Crippen molar-refractivity contribution in [2.45, 2.75) is 6.54 Å². The molecular formula is C20H18BrN3O3. The third-order valence-corrected chi connectivity index (χ3v) is 4.53. The maximum absolute atomic E-state index is 13.0. The van der Waals surface area contributed by atoms with E-state index in [1.54, 1.807) is 67.8 Å². The van der Waals surface area contributed by atoms with E-state index in [2.05, 4.69) is 20.9 Å². The topological polar surface area (TPSA) is 66.7 Å². The van der Waals surface area contributed by atoms with Crippen molar-refractivity contribution in [3.05, 3.63) is 82.5 Å². The summed E-state index contributed by atoms with van der Waals surface area (Å²) in [6, 6.07) is 14.0. The SMILES string of the molecule is CN(Cc1ccncc1)C(=O)c1ccccc1N(C)C(=O)c1ccc(Br)o1. The van der Waals surface area contributed by atoms with Crippen LogP contribution >= 0.6 is 15.9 Å². The van der Waals surface area contributed by atoms with Crippen LogP contribution in [0.3, 0.4) is 0 Å². The molecule has 0 aliphatic heterocycles. The number of halogens is 1. The molecule has 0 aliphatic rings. The molecule has 0 fully saturated rings. The summed E-state index contributed by atoms with van der Waals surface area (Å²) in [5.41, 5.74) is 1.93. The Kier molecular flexibility index (Phi) is 5.71. The van der Waals surface area contributed by atoms with E-state index in [4.69, 9.17) is 4.42 Å². The molecule has 1 aromatic carbocycles. The van der Waals surface area contributed by atoms with Gasteiger partial charge in [0.25, 0.3) is 11.8 Å². The molecular weight excluding hydrogens is 410 g/mol. The smallest absolute Gasteiger partial charge is 0.293 e.